The largest absolute Gasteiger partial charge is 0.467 e. The third-order valence-corrected chi connectivity index (χ3v) is 5.56. The summed E-state index contributed by atoms with van der Waals surface area (Å²) in [6.45, 7) is 0. The molecule has 0 saturated heterocycles. The highest BCUT2D eigenvalue weighted by Crippen LogP contribution is 2.25. The molecule has 1 N–H and O–H groups in total. The molecule has 2 aromatic carbocycles. The second-order valence-electron chi connectivity index (χ2n) is 6.51. The number of hydrogen-bond acceptors (Lipinski definition) is 4. The Kier molecular flexibility index (Phi) is 6.07. The van der Waals surface area contributed by atoms with Crippen molar-refractivity contribution in [3.05, 3.63) is 120 Å². The fourth-order valence-corrected chi connectivity index (χ4v) is 3.82. The van der Waals surface area contributed by atoms with Gasteiger partial charge in [0.2, 0.25) is 0 Å². The molecule has 1 atom stereocenters. The van der Waals surface area contributed by atoms with E-state index in [0.29, 0.717) is 11.3 Å². The second kappa shape index (κ2) is 9.26. The number of hydrogen-bond donors (Lipinski definition) is 1. The van der Waals surface area contributed by atoms with Crippen LogP contribution in [0.5, 0.6) is 0 Å². The molecule has 0 aliphatic heterocycles. The summed E-state index contributed by atoms with van der Waals surface area (Å²) in [7, 11) is 0. The maximum absolute atomic E-state index is 12.8. The second-order valence-corrected chi connectivity index (χ2v) is 7.56. The average Bonchev–Trinajstić information content (AvgIpc) is 3.32. The summed E-state index contributed by atoms with van der Waals surface area (Å²) in [4.78, 5) is 18.1. The van der Waals surface area contributed by atoms with Crippen molar-refractivity contribution in [2.45, 2.75) is 16.7 Å². The maximum Gasteiger partial charge on any atom is 0.252 e. The molecule has 144 valence electrons. The maximum atomic E-state index is 12.8. The van der Waals surface area contributed by atoms with Crippen molar-refractivity contribution < 1.29 is 9.21 Å². The van der Waals surface area contributed by atoms with Gasteiger partial charge in [0.05, 0.1) is 6.26 Å². The molecule has 29 heavy (non-hydrogen) atoms. The summed E-state index contributed by atoms with van der Waals surface area (Å²) in [6, 6.07) is 24.8. The Morgan fingerprint density at radius 1 is 0.966 bits per heavy atom. The van der Waals surface area contributed by atoms with Crippen LogP contribution in [0, 0.1) is 0 Å². The van der Waals surface area contributed by atoms with E-state index >= 15 is 0 Å². The third-order valence-electron chi connectivity index (χ3n) is 4.48. The van der Waals surface area contributed by atoms with Gasteiger partial charge in [0.25, 0.3) is 5.91 Å². The first kappa shape index (κ1) is 19.0. The summed E-state index contributed by atoms with van der Waals surface area (Å²) in [5.74, 6) is 1.40. The zero-order chi connectivity index (χ0) is 19.9. The van der Waals surface area contributed by atoms with Crippen LogP contribution in [0.2, 0.25) is 0 Å². The van der Waals surface area contributed by atoms with Crippen molar-refractivity contribution in [1.82, 2.24) is 10.3 Å². The Morgan fingerprint density at radius 3 is 2.48 bits per heavy atom. The highest BCUT2D eigenvalue weighted by atomic mass is 32.2. The number of thioether (sulfide) groups is 1. The molecular weight excluding hydrogens is 380 g/mol. The van der Waals surface area contributed by atoms with Gasteiger partial charge in [0, 0.05) is 28.6 Å². The number of rotatable bonds is 7. The molecule has 2 aromatic heterocycles. The van der Waals surface area contributed by atoms with Crippen LogP contribution in [0.25, 0.3) is 0 Å². The zero-order valence-corrected chi connectivity index (χ0v) is 16.5. The number of furan rings is 1. The Morgan fingerprint density at radius 2 is 1.79 bits per heavy atom. The van der Waals surface area contributed by atoms with Gasteiger partial charge in [-0.1, -0.05) is 36.4 Å². The van der Waals surface area contributed by atoms with Gasteiger partial charge in [-0.15, -0.1) is 11.8 Å². The Hall–Kier alpha value is -3.31. The number of benzene rings is 2. The van der Waals surface area contributed by atoms with E-state index in [9.17, 15) is 4.79 Å². The standard InChI is InChI=1S/C24H20N2O2S/c27-24(26-23(22-9-5-15-28-22)19-7-2-1-3-8-19)20-10-12-21(13-11-20)29-17-18-6-4-14-25-16-18/h1-16,23H,17H2,(H,26,27). The first-order valence-electron chi connectivity index (χ1n) is 9.30. The fraction of sp³-hybridized carbons (Fsp3) is 0.0833. The van der Waals surface area contributed by atoms with Crippen LogP contribution in [0.15, 0.2) is 107 Å². The third kappa shape index (κ3) is 4.95. The molecule has 0 radical (unpaired) electrons. The van der Waals surface area contributed by atoms with Gasteiger partial charge in [0.1, 0.15) is 11.8 Å². The van der Waals surface area contributed by atoms with E-state index in [1.165, 1.54) is 5.56 Å². The number of amides is 1. The fourth-order valence-electron chi connectivity index (χ4n) is 2.99. The molecule has 0 aliphatic rings. The molecule has 4 rings (SSSR count). The highest BCUT2D eigenvalue weighted by Gasteiger charge is 2.20. The van der Waals surface area contributed by atoms with E-state index in [4.69, 9.17) is 4.42 Å². The van der Waals surface area contributed by atoms with Gasteiger partial charge < -0.3 is 9.73 Å². The van der Waals surface area contributed by atoms with Crippen LogP contribution in [-0.4, -0.2) is 10.9 Å². The lowest BCUT2D eigenvalue weighted by molar-refractivity contribution is 0.0939. The van der Waals surface area contributed by atoms with E-state index in [1.54, 1.807) is 24.2 Å². The molecular formula is C24H20N2O2S. The number of pyridine rings is 1. The van der Waals surface area contributed by atoms with Crippen LogP contribution in [0.4, 0.5) is 0 Å². The normalized spacial score (nSPS) is 11.7. The molecule has 2 heterocycles. The zero-order valence-electron chi connectivity index (χ0n) is 15.7. The Bertz CT molecular complexity index is 1030. The lowest BCUT2D eigenvalue weighted by Crippen LogP contribution is -2.29. The summed E-state index contributed by atoms with van der Waals surface area (Å²) in [6.07, 6.45) is 5.26. The summed E-state index contributed by atoms with van der Waals surface area (Å²) < 4.78 is 5.56. The quantitative estimate of drug-likeness (QED) is 0.417. The lowest BCUT2D eigenvalue weighted by Gasteiger charge is -2.17. The molecule has 0 aliphatic carbocycles. The van der Waals surface area contributed by atoms with E-state index in [1.807, 2.05) is 79.0 Å². The number of carbonyl (C=O) groups excluding carboxylic acids is 1. The van der Waals surface area contributed by atoms with Crippen molar-refractivity contribution in [2.75, 3.05) is 0 Å². The van der Waals surface area contributed by atoms with E-state index in [-0.39, 0.29) is 11.9 Å². The van der Waals surface area contributed by atoms with Crippen molar-refractivity contribution in [3.8, 4) is 0 Å². The van der Waals surface area contributed by atoms with Crippen LogP contribution in [-0.2, 0) is 5.75 Å². The molecule has 0 spiro atoms. The first-order chi connectivity index (χ1) is 14.3. The molecule has 1 unspecified atom stereocenters. The lowest BCUT2D eigenvalue weighted by atomic mass is 10.0. The molecule has 4 nitrogen and oxygen atoms in total. The minimum Gasteiger partial charge on any atom is -0.467 e. The molecule has 0 saturated carbocycles. The van der Waals surface area contributed by atoms with E-state index in [2.05, 4.69) is 16.4 Å². The SMILES string of the molecule is O=C(NC(c1ccccc1)c1ccco1)c1ccc(SCc2cccnc2)cc1. The molecule has 0 bridgehead atoms. The Balaban J connectivity index is 1.44. The number of nitrogens with one attached hydrogen (secondary N) is 1. The van der Waals surface area contributed by atoms with Crippen molar-refractivity contribution >= 4 is 17.7 Å². The van der Waals surface area contributed by atoms with E-state index in [0.717, 1.165) is 16.2 Å². The highest BCUT2D eigenvalue weighted by molar-refractivity contribution is 7.98. The molecule has 1 amide bonds. The Labute approximate surface area is 174 Å². The van der Waals surface area contributed by atoms with Crippen LogP contribution in [0.1, 0.15) is 33.3 Å². The van der Waals surface area contributed by atoms with Crippen molar-refractivity contribution in [1.29, 1.82) is 0 Å². The minimum atomic E-state index is -0.335. The summed E-state index contributed by atoms with van der Waals surface area (Å²) in [5.41, 5.74) is 2.76. The van der Waals surface area contributed by atoms with Gasteiger partial charge in [-0.05, 0) is 53.6 Å². The van der Waals surface area contributed by atoms with Crippen LogP contribution in [0.3, 0.4) is 0 Å². The smallest absolute Gasteiger partial charge is 0.252 e. The monoisotopic (exact) mass is 400 g/mol. The van der Waals surface area contributed by atoms with Crippen LogP contribution >= 0.6 is 11.8 Å². The van der Waals surface area contributed by atoms with Gasteiger partial charge in [0.15, 0.2) is 0 Å². The van der Waals surface area contributed by atoms with Gasteiger partial charge >= 0.3 is 0 Å². The molecule has 5 heteroatoms. The first-order valence-corrected chi connectivity index (χ1v) is 10.3. The summed E-state index contributed by atoms with van der Waals surface area (Å²) >= 11 is 1.72. The van der Waals surface area contributed by atoms with Crippen LogP contribution < -0.4 is 5.32 Å². The molecule has 0 fully saturated rings. The van der Waals surface area contributed by atoms with Crippen molar-refractivity contribution in [2.24, 2.45) is 0 Å². The topological polar surface area (TPSA) is 55.1 Å². The van der Waals surface area contributed by atoms with Gasteiger partial charge in [-0.2, -0.15) is 0 Å². The number of carbonyl (C=O) groups is 1. The number of aromatic nitrogens is 1. The summed E-state index contributed by atoms with van der Waals surface area (Å²) in [5, 5.41) is 3.08. The predicted octanol–water partition coefficient (Wildman–Crippen LogP) is 5.49. The number of nitrogens with zero attached hydrogens (tertiary/aromatic N) is 1. The van der Waals surface area contributed by atoms with Crippen molar-refractivity contribution in [3.63, 3.8) is 0 Å². The minimum absolute atomic E-state index is 0.140. The van der Waals surface area contributed by atoms with Gasteiger partial charge in [-0.3, -0.25) is 9.78 Å². The van der Waals surface area contributed by atoms with E-state index < -0.39 is 0 Å². The van der Waals surface area contributed by atoms with Gasteiger partial charge in [-0.25, -0.2) is 0 Å². The average molecular weight is 401 g/mol. The molecule has 4 aromatic rings. The predicted molar refractivity (Wildman–Crippen MR) is 115 cm³/mol.